The third kappa shape index (κ3) is 4.52. The number of hydrogen-bond donors (Lipinski definition) is 1. The van der Waals surface area contributed by atoms with Crippen LogP contribution < -0.4 is 4.72 Å². The molecule has 152 valence electrons. The van der Waals surface area contributed by atoms with Crippen molar-refractivity contribution in [2.24, 2.45) is 10.9 Å². The van der Waals surface area contributed by atoms with Gasteiger partial charge in [-0.15, -0.1) is 0 Å². The zero-order valence-corrected chi connectivity index (χ0v) is 16.9. The average Bonchev–Trinajstić information content (AvgIpc) is 2.95. The molecule has 0 saturated heterocycles. The molecule has 0 unspecified atom stereocenters. The number of rotatable bonds is 5. The fourth-order valence-electron chi connectivity index (χ4n) is 3.52. The van der Waals surface area contributed by atoms with Crippen LogP contribution in [-0.2, 0) is 24.3 Å². The third-order valence-corrected chi connectivity index (χ3v) is 6.71. The molecule has 1 aliphatic carbocycles. The van der Waals surface area contributed by atoms with Gasteiger partial charge in [0.15, 0.2) is 6.61 Å². The van der Waals surface area contributed by atoms with Crippen molar-refractivity contribution in [1.82, 2.24) is 9.62 Å². The first-order chi connectivity index (χ1) is 13.3. The molecule has 0 bridgehead atoms. The van der Waals surface area contributed by atoms with Crippen LogP contribution in [0.1, 0.15) is 38.2 Å². The van der Waals surface area contributed by atoms with Crippen LogP contribution in [0, 0.1) is 5.92 Å². The highest BCUT2D eigenvalue weighted by Crippen LogP contribution is 2.26. The second-order valence-electron chi connectivity index (χ2n) is 7.35. The van der Waals surface area contributed by atoms with E-state index in [4.69, 9.17) is 4.74 Å². The molecule has 1 fully saturated rings. The number of ether oxygens (including phenoxy) is 1. The van der Waals surface area contributed by atoms with Crippen LogP contribution in [0.3, 0.4) is 0 Å². The van der Waals surface area contributed by atoms with Crippen LogP contribution in [-0.4, -0.2) is 57.3 Å². The van der Waals surface area contributed by atoms with Crippen molar-refractivity contribution in [2.75, 3.05) is 20.2 Å². The minimum Gasteiger partial charge on any atom is -0.454 e. The molecular weight excluding hydrogens is 382 g/mol. The molecule has 0 spiro atoms. The van der Waals surface area contributed by atoms with E-state index in [-0.39, 0.29) is 35.8 Å². The minimum absolute atomic E-state index is 0.104. The first kappa shape index (κ1) is 20.3. The maximum Gasteiger partial charge on any atom is 0.328 e. The van der Waals surface area contributed by atoms with Crippen molar-refractivity contribution in [3.05, 3.63) is 29.8 Å². The third-order valence-electron chi connectivity index (χ3n) is 5.31. The molecule has 1 N–H and O–H groups in total. The molecule has 1 saturated carbocycles. The van der Waals surface area contributed by atoms with Gasteiger partial charge in [0.2, 0.25) is 0 Å². The Morgan fingerprint density at radius 3 is 2.61 bits per heavy atom. The van der Waals surface area contributed by atoms with E-state index in [9.17, 15) is 18.0 Å². The van der Waals surface area contributed by atoms with E-state index in [1.165, 1.54) is 6.07 Å². The summed E-state index contributed by atoms with van der Waals surface area (Å²) in [4.78, 5) is 30.0. The lowest BCUT2D eigenvalue weighted by Crippen LogP contribution is -2.41. The van der Waals surface area contributed by atoms with Crippen molar-refractivity contribution in [1.29, 1.82) is 0 Å². The van der Waals surface area contributed by atoms with Gasteiger partial charge in [0.1, 0.15) is 12.4 Å². The summed E-state index contributed by atoms with van der Waals surface area (Å²) in [5, 5.41) is 0. The molecule has 0 atom stereocenters. The molecule has 1 heterocycles. The Labute approximate surface area is 165 Å². The summed E-state index contributed by atoms with van der Waals surface area (Å²) in [7, 11) is -1.91. The molecule has 9 heteroatoms. The Hall–Kier alpha value is -2.42. The highest BCUT2D eigenvalue weighted by Gasteiger charge is 2.30. The van der Waals surface area contributed by atoms with Crippen molar-refractivity contribution in [2.45, 2.75) is 43.5 Å². The molecule has 0 aromatic heterocycles. The predicted molar refractivity (Wildman–Crippen MR) is 103 cm³/mol. The van der Waals surface area contributed by atoms with Crippen LogP contribution in [0.15, 0.2) is 34.2 Å². The Balaban J connectivity index is 1.51. The van der Waals surface area contributed by atoms with E-state index in [2.05, 4.69) is 16.6 Å². The van der Waals surface area contributed by atoms with Crippen molar-refractivity contribution < 1.29 is 22.7 Å². The van der Waals surface area contributed by atoms with Gasteiger partial charge < -0.3 is 9.64 Å². The van der Waals surface area contributed by atoms with Crippen LogP contribution >= 0.6 is 0 Å². The molecule has 1 aromatic carbocycles. The highest BCUT2D eigenvalue weighted by molar-refractivity contribution is 7.90. The maximum absolute atomic E-state index is 12.3. The topological polar surface area (TPSA) is 105 Å². The van der Waals surface area contributed by atoms with E-state index < -0.39 is 16.0 Å². The average molecular weight is 407 g/mol. The van der Waals surface area contributed by atoms with E-state index >= 15 is 0 Å². The SMILES string of the molecule is CC1CCC(N(C)C(=O)COC(=O)CN=C2NS(=O)(=O)c3ccccc32)CC1. The maximum atomic E-state index is 12.3. The molecule has 1 aliphatic heterocycles. The largest absolute Gasteiger partial charge is 0.454 e. The van der Waals surface area contributed by atoms with Gasteiger partial charge >= 0.3 is 5.97 Å². The second kappa shape index (κ2) is 8.30. The Kier molecular flexibility index (Phi) is 6.02. The van der Waals surface area contributed by atoms with Crippen LogP contribution in [0.25, 0.3) is 0 Å². The lowest BCUT2D eigenvalue weighted by molar-refractivity contribution is -0.151. The Morgan fingerprint density at radius 2 is 1.89 bits per heavy atom. The lowest BCUT2D eigenvalue weighted by atomic mass is 9.87. The molecule has 28 heavy (non-hydrogen) atoms. The van der Waals surface area contributed by atoms with Crippen LogP contribution in [0.5, 0.6) is 0 Å². The number of aliphatic imine (C=N–C) groups is 1. The number of amides is 1. The van der Waals surface area contributed by atoms with Crippen LogP contribution in [0.4, 0.5) is 0 Å². The van der Waals surface area contributed by atoms with Gasteiger partial charge in [0, 0.05) is 18.7 Å². The predicted octanol–water partition coefficient (Wildman–Crippen LogP) is 1.31. The van der Waals surface area contributed by atoms with Gasteiger partial charge in [0.05, 0.1) is 4.90 Å². The summed E-state index contributed by atoms with van der Waals surface area (Å²) in [5.74, 6) is -0.135. The van der Waals surface area contributed by atoms with Gasteiger partial charge in [-0.2, -0.15) is 0 Å². The Bertz CT molecular complexity index is 889. The fraction of sp³-hybridized carbons (Fsp3) is 0.526. The zero-order chi connectivity index (χ0) is 20.3. The molecule has 3 rings (SSSR count). The first-order valence-electron chi connectivity index (χ1n) is 9.36. The summed E-state index contributed by atoms with van der Waals surface area (Å²) >= 11 is 0. The molecule has 8 nitrogen and oxygen atoms in total. The summed E-state index contributed by atoms with van der Waals surface area (Å²) in [5.41, 5.74) is 0.414. The van der Waals surface area contributed by atoms with E-state index in [1.807, 2.05) is 0 Å². The van der Waals surface area contributed by atoms with Crippen molar-refractivity contribution in [3.8, 4) is 0 Å². The molecule has 0 radical (unpaired) electrons. The highest BCUT2D eigenvalue weighted by atomic mass is 32.2. The number of likely N-dealkylation sites (N-methyl/N-ethyl adjacent to an activating group) is 1. The summed E-state index contributed by atoms with van der Waals surface area (Å²) in [6, 6.07) is 6.58. The zero-order valence-electron chi connectivity index (χ0n) is 16.1. The smallest absolute Gasteiger partial charge is 0.328 e. The minimum atomic E-state index is -3.65. The normalized spacial score (nSPS) is 24.3. The Morgan fingerprint density at radius 1 is 1.21 bits per heavy atom. The van der Waals surface area contributed by atoms with Gasteiger partial charge in [0.25, 0.3) is 15.9 Å². The molecule has 2 aliphatic rings. The fourth-order valence-corrected chi connectivity index (χ4v) is 4.77. The molecule has 1 amide bonds. The van der Waals surface area contributed by atoms with E-state index in [1.54, 1.807) is 30.1 Å². The van der Waals surface area contributed by atoms with Crippen molar-refractivity contribution in [3.63, 3.8) is 0 Å². The number of sulfonamides is 1. The number of nitrogens with zero attached hydrogens (tertiary/aromatic N) is 2. The van der Waals surface area contributed by atoms with Crippen molar-refractivity contribution >= 4 is 27.7 Å². The van der Waals surface area contributed by atoms with Crippen LogP contribution in [0.2, 0.25) is 0 Å². The lowest BCUT2D eigenvalue weighted by Gasteiger charge is -2.33. The first-order valence-corrected chi connectivity index (χ1v) is 10.8. The monoisotopic (exact) mass is 407 g/mol. The van der Waals surface area contributed by atoms with E-state index in [0.29, 0.717) is 11.5 Å². The number of carbonyl (C=O) groups is 2. The van der Waals surface area contributed by atoms with Gasteiger partial charge in [-0.3, -0.25) is 19.3 Å². The standard InChI is InChI=1S/C19H25N3O5S/c1-13-7-9-14(10-8-13)22(2)17(23)12-27-18(24)11-20-19-15-5-3-4-6-16(15)28(25,26)21-19/h3-6,13-14H,7-12H2,1-2H3,(H,20,21). The van der Waals surface area contributed by atoms with Gasteiger partial charge in [-0.05, 0) is 43.7 Å². The van der Waals surface area contributed by atoms with E-state index in [0.717, 1.165) is 25.7 Å². The molecular formula is C19H25N3O5S. The number of esters is 1. The summed E-state index contributed by atoms with van der Waals surface area (Å²) in [6.45, 7) is 1.50. The molecule has 1 aromatic rings. The summed E-state index contributed by atoms with van der Waals surface area (Å²) < 4.78 is 31.4. The quantitative estimate of drug-likeness (QED) is 0.741. The number of carbonyl (C=O) groups excluding carboxylic acids is 2. The number of hydrogen-bond acceptors (Lipinski definition) is 6. The second-order valence-corrected chi connectivity index (χ2v) is 9.00. The number of nitrogens with one attached hydrogen (secondary N) is 1. The van der Waals surface area contributed by atoms with Gasteiger partial charge in [-0.1, -0.05) is 19.1 Å². The summed E-state index contributed by atoms with van der Waals surface area (Å²) in [6.07, 6.45) is 4.11. The number of amidine groups is 1. The van der Waals surface area contributed by atoms with Gasteiger partial charge in [-0.25, -0.2) is 8.42 Å². The number of benzene rings is 1. The number of fused-ring (bicyclic) bond motifs is 1.